The Kier molecular flexibility index (Phi) is 3.51. The van der Waals surface area contributed by atoms with Gasteiger partial charge in [-0.05, 0) is 19.8 Å². The van der Waals surface area contributed by atoms with E-state index in [9.17, 15) is 0 Å². The monoisotopic (exact) mass is 227 g/mol. The number of rotatable bonds is 2. The zero-order chi connectivity index (χ0) is 11.9. The van der Waals surface area contributed by atoms with E-state index in [1.807, 2.05) is 0 Å². The van der Waals surface area contributed by atoms with Gasteiger partial charge in [-0.1, -0.05) is 13.8 Å². The molecule has 4 unspecified atom stereocenters. The van der Waals surface area contributed by atoms with E-state index in [2.05, 4.69) is 48.8 Å². The summed E-state index contributed by atoms with van der Waals surface area (Å²) < 4.78 is 0. The average Bonchev–Trinajstić information content (AvgIpc) is 2.58. The summed E-state index contributed by atoms with van der Waals surface area (Å²) in [5.41, 5.74) is 9.81. The number of hydrogen-bond donors (Lipinski definition) is 4. The van der Waals surface area contributed by atoms with Crippen LogP contribution in [0.4, 0.5) is 0 Å². The molecule has 0 saturated carbocycles. The van der Waals surface area contributed by atoms with Crippen molar-refractivity contribution < 1.29 is 0 Å². The molecule has 4 atom stereocenters. The van der Waals surface area contributed by atoms with E-state index in [0.717, 1.165) is 6.67 Å². The van der Waals surface area contributed by atoms with Crippen molar-refractivity contribution in [2.24, 2.45) is 17.6 Å². The summed E-state index contributed by atoms with van der Waals surface area (Å²) in [5.74, 6) is 1.01. The summed E-state index contributed by atoms with van der Waals surface area (Å²) in [6, 6.07) is 0.928. The van der Waals surface area contributed by atoms with Crippen LogP contribution in [0.1, 0.15) is 27.7 Å². The number of fused-ring (bicyclic) bond motifs is 1. The van der Waals surface area contributed by atoms with Gasteiger partial charge in [0.25, 0.3) is 0 Å². The van der Waals surface area contributed by atoms with Crippen molar-refractivity contribution in [3.8, 4) is 0 Å². The Balaban J connectivity index is 2.19. The largest absolute Gasteiger partial charge is 0.315 e. The fourth-order valence-electron chi connectivity index (χ4n) is 2.86. The number of nitrogens with one attached hydrogen (secondary N) is 3. The lowest BCUT2D eigenvalue weighted by molar-refractivity contribution is 0.0781. The maximum Gasteiger partial charge on any atom is 0.0817 e. The normalized spacial score (nSPS) is 40.7. The molecule has 2 heterocycles. The van der Waals surface area contributed by atoms with Crippen molar-refractivity contribution in [3.63, 3.8) is 0 Å². The predicted molar refractivity (Wildman–Crippen MR) is 65.1 cm³/mol. The van der Waals surface area contributed by atoms with E-state index < -0.39 is 0 Å². The van der Waals surface area contributed by atoms with Gasteiger partial charge in [-0.25, -0.2) is 10.4 Å². The maximum absolute atomic E-state index is 6.19. The van der Waals surface area contributed by atoms with Gasteiger partial charge in [-0.3, -0.25) is 10.6 Å². The third-order valence-corrected chi connectivity index (χ3v) is 3.72. The van der Waals surface area contributed by atoms with Gasteiger partial charge < -0.3 is 5.73 Å². The van der Waals surface area contributed by atoms with Gasteiger partial charge in [0.2, 0.25) is 0 Å². The molecular formula is C11H25N5. The van der Waals surface area contributed by atoms with Gasteiger partial charge in [-0.15, -0.1) is 0 Å². The first-order chi connectivity index (χ1) is 7.52. The molecular weight excluding hydrogens is 202 g/mol. The van der Waals surface area contributed by atoms with Crippen LogP contribution < -0.4 is 21.8 Å². The minimum atomic E-state index is 0.0786. The molecule has 94 valence electrons. The molecule has 0 aromatic heterocycles. The molecule has 0 amide bonds. The zero-order valence-electron chi connectivity index (χ0n) is 10.7. The number of hydrazine groups is 1. The van der Waals surface area contributed by atoms with Crippen LogP contribution >= 0.6 is 0 Å². The van der Waals surface area contributed by atoms with Crippen molar-refractivity contribution in [1.29, 1.82) is 0 Å². The first kappa shape index (κ1) is 12.3. The maximum atomic E-state index is 6.19. The Morgan fingerprint density at radius 3 is 2.44 bits per heavy atom. The van der Waals surface area contributed by atoms with Gasteiger partial charge in [0.15, 0.2) is 0 Å². The SMILES string of the molecule is CC(C)C1NN(C(C)C)C2NCNC(N)C12. The molecule has 5 N–H and O–H groups in total. The smallest absolute Gasteiger partial charge is 0.0817 e. The molecule has 0 spiro atoms. The molecule has 2 saturated heterocycles. The quantitative estimate of drug-likeness (QED) is 0.518. The second-order valence-electron chi connectivity index (χ2n) is 5.53. The standard InChI is InChI=1S/C11H25N5/c1-6(2)9-8-10(12)13-5-14-11(8)16(15-9)7(3)4/h6-11,13-15H,5,12H2,1-4H3. The van der Waals surface area contributed by atoms with E-state index in [4.69, 9.17) is 5.73 Å². The van der Waals surface area contributed by atoms with Crippen molar-refractivity contribution in [2.75, 3.05) is 6.67 Å². The average molecular weight is 227 g/mol. The molecule has 0 aliphatic carbocycles. The fourth-order valence-corrected chi connectivity index (χ4v) is 2.86. The molecule has 0 bridgehead atoms. The molecule has 5 nitrogen and oxygen atoms in total. The lowest BCUT2D eigenvalue weighted by Gasteiger charge is -2.38. The molecule has 2 aliphatic heterocycles. The highest BCUT2D eigenvalue weighted by Gasteiger charge is 2.47. The van der Waals surface area contributed by atoms with Crippen LogP contribution in [0.15, 0.2) is 0 Å². The Bertz CT molecular complexity index is 243. The molecule has 0 radical (unpaired) electrons. The Hall–Kier alpha value is -0.200. The highest BCUT2D eigenvalue weighted by Crippen LogP contribution is 2.29. The first-order valence-electron chi connectivity index (χ1n) is 6.29. The van der Waals surface area contributed by atoms with Gasteiger partial charge in [-0.2, -0.15) is 0 Å². The lowest BCUT2D eigenvalue weighted by atomic mass is 9.87. The summed E-state index contributed by atoms with van der Waals surface area (Å²) >= 11 is 0. The highest BCUT2D eigenvalue weighted by molar-refractivity contribution is 5.00. The van der Waals surface area contributed by atoms with Crippen LogP contribution in [0.5, 0.6) is 0 Å². The number of nitrogens with two attached hydrogens (primary N) is 1. The second kappa shape index (κ2) is 4.58. The van der Waals surface area contributed by atoms with Crippen molar-refractivity contribution >= 4 is 0 Å². The fraction of sp³-hybridized carbons (Fsp3) is 1.00. The zero-order valence-corrected chi connectivity index (χ0v) is 10.7. The Labute approximate surface area is 98.1 Å². The van der Waals surface area contributed by atoms with Gasteiger partial charge in [0.1, 0.15) is 0 Å². The summed E-state index contributed by atoms with van der Waals surface area (Å²) in [4.78, 5) is 0. The minimum absolute atomic E-state index is 0.0786. The van der Waals surface area contributed by atoms with E-state index in [1.54, 1.807) is 0 Å². The molecule has 2 aliphatic rings. The topological polar surface area (TPSA) is 65.3 Å². The third kappa shape index (κ3) is 1.98. The van der Waals surface area contributed by atoms with Crippen LogP contribution in [-0.2, 0) is 0 Å². The summed E-state index contributed by atoms with van der Waals surface area (Å²) in [5, 5.41) is 9.11. The summed E-state index contributed by atoms with van der Waals surface area (Å²) in [7, 11) is 0. The van der Waals surface area contributed by atoms with E-state index >= 15 is 0 Å². The molecule has 0 aromatic rings. The first-order valence-corrected chi connectivity index (χ1v) is 6.29. The van der Waals surface area contributed by atoms with Crippen LogP contribution in [0, 0.1) is 11.8 Å². The van der Waals surface area contributed by atoms with Crippen molar-refractivity contribution in [1.82, 2.24) is 21.1 Å². The van der Waals surface area contributed by atoms with Crippen LogP contribution in [0.2, 0.25) is 0 Å². The lowest BCUT2D eigenvalue weighted by Crippen LogP contribution is -2.64. The molecule has 2 rings (SSSR count). The Morgan fingerprint density at radius 2 is 1.88 bits per heavy atom. The predicted octanol–water partition coefficient (Wildman–Crippen LogP) is -0.383. The summed E-state index contributed by atoms with van der Waals surface area (Å²) in [6.07, 6.45) is 0.429. The van der Waals surface area contributed by atoms with Gasteiger partial charge >= 0.3 is 0 Å². The van der Waals surface area contributed by atoms with Crippen LogP contribution in [0.25, 0.3) is 0 Å². The molecule has 2 fully saturated rings. The second-order valence-corrected chi connectivity index (χ2v) is 5.53. The minimum Gasteiger partial charge on any atom is -0.315 e. The van der Waals surface area contributed by atoms with E-state index in [-0.39, 0.29) is 6.17 Å². The molecule has 0 aromatic carbocycles. The third-order valence-electron chi connectivity index (χ3n) is 3.72. The molecule has 5 heteroatoms. The number of hydrogen-bond acceptors (Lipinski definition) is 5. The van der Waals surface area contributed by atoms with Crippen LogP contribution in [-0.4, -0.2) is 36.1 Å². The summed E-state index contributed by atoms with van der Waals surface area (Å²) in [6.45, 7) is 9.71. The highest BCUT2D eigenvalue weighted by atomic mass is 15.6. The Morgan fingerprint density at radius 1 is 1.19 bits per heavy atom. The van der Waals surface area contributed by atoms with E-state index in [0.29, 0.717) is 30.1 Å². The van der Waals surface area contributed by atoms with E-state index in [1.165, 1.54) is 0 Å². The number of nitrogens with zero attached hydrogens (tertiary/aromatic N) is 1. The van der Waals surface area contributed by atoms with Crippen molar-refractivity contribution in [3.05, 3.63) is 0 Å². The van der Waals surface area contributed by atoms with Gasteiger partial charge in [0, 0.05) is 24.7 Å². The van der Waals surface area contributed by atoms with Crippen LogP contribution in [0.3, 0.4) is 0 Å². The van der Waals surface area contributed by atoms with Gasteiger partial charge in [0.05, 0.1) is 12.3 Å². The van der Waals surface area contributed by atoms with Crippen molar-refractivity contribution in [2.45, 2.75) is 52.1 Å². The molecule has 16 heavy (non-hydrogen) atoms.